The van der Waals surface area contributed by atoms with Crippen molar-refractivity contribution in [3.63, 3.8) is 0 Å². The Kier molecular flexibility index (Phi) is 6.22. The summed E-state index contributed by atoms with van der Waals surface area (Å²) in [6.45, 7) is 1.57. The summed E-state index contributed by atoms with van der Waals surface area (Å²) in [4.78, 5) is 15.1. The molecule has 2 aliphatic rings. The summed E-state index contributed by atoms with van der Waals surface area (Å²) in [5.74, 6) is 0.122. The van der Waals surface area contributed by atoms with E-state index in [9.17, 15) is 4.79 Å². The number of amides is 1. The smallest absolute Gasteiger partial charge is 0.270 e. The van der Waals surface area contributed by atoms with Gasteiger partial charge in [0.25, 0.3) is 5.91 Å². The molecular formula is C23H29BrN2O2. The van der Waals surface area contributed by atoms with Gasteiger partial charge in [0.15, 0.2) is 0 Å². The first-order valence-corrected chi connectivity index (χ1v) is 11.3. The average Bonchev–Trinajstić information content (AvgIpc) is 3.10. The van der Waals surface area contributed by atoms with Gasteiger partial charge in [-0.2, -0.15) is 0 Å². The Bertz CT molecular complexity index is 818. The van der Waals surface area contributed by atoms with Crippen LogP contribution in [0.5, 0.6) is 0 Å². The van der Waals surface area contributed by atoms with Gasteiger partial charge in [0.1, 0.15) is 5.69 Å². The number of rotatable bonds is 4. The van der Waals surface area contributed by atoms with Crippen molar-refractivity contribution in [2.75, 3.05) is 13.1 Å². The normalized spacial score (nSPS) is 19.1. The van der Waals surface area contributed by atoms with Crippen molar-refractivity contribution in [3.05, 3.63) is 46.6 Å². The number of likely N-dealkylation sites (tertiary alicyclic amines) is 1. The van der Waals surface area contributed by atoms with Crippen molar-refractivity contribution < 1.29 is 9.53 Å². The summed E-state index contributed by atoms with van der Waals surface area (Å²) in [6.07, 6.45) is 9.03. The van der Waals surface area contributed by atoms with E-state index in [-0.39, 0.29) is 5.91 Å². The van der Waals surface area contributed by atoms with Gasteiger partial charge in [0.2, 0.25) is 0 Å². The van der Waals surface area contributed by atoms with Gasteiger partial charge in [-0.3, -0.25) is 4.79 Å². The highest BCUT2D eigenvalue weighted by molar-refractivity contribution is 9.10. The highest BCUT2D eigenvalue weighted by atomic mass is 79.9. The Balaban J connectivity index is 1.39. The van der Waals surface area contributed by atoms with Crippen LogP contribution in [0.3, 0.4) is 0 Å². The highest BCUT2D eigenvalue weighted by Crippen LogP contribution is 2.30. The number of benzene rings is 1. The minimum Gasteiger partial charge on any atom is -0.375 e. The predicted octanol–water partition coefficient (Wildman–Crippen LogP) is 5.41. The van der Waals surface area contributed by atoms with Crippen LogP contribution in [0.15, 0.2) is 40.9 Å². The Morgan fingerprint density at radius 1 is 0.964 bits per heavy atom. The van der Waals surface area contributed by atoms with Gasteiger partial charge in [-0.25, -0.2) is 0 Å². The van der Waals surface area contributed by atoms with Crippen molar-refractivity contribution in [2.24, 2.45) is 7.05 Å². The molecule has 5 heteroatoms. The fourth-order valence-corrected chi connectivity index (χ4v) is 4.98. The summed E-state index contributed by atoms with van der Waals surface area (Å²) in [6, 6.07) is 12.1. The quantitative estimate of drug-likeness (QED) is 0.631. The lowest BCUT2D eigenvalue weighted by Crippen LogP contribution is -2.42. The fourth-order valence-electron chi connectivity index (χ4n) is 4.50. The summed E-state index contributed by atoms with van der Waals surface area (Å²) in [5.41, 5.74) is 2.90. The second-order valence-electron chi connectivity index (χ2n) is 8.03. The molecule has 150 valence electrons. The van der Waals surface area contributed by atoms with Crippen molar-refractivity contribution in [3.8, 4) is 11.3 Å². The van der Waals surface area contributed by atoms with E-state index in [1.807, 2.05) is 46.8 Å². The molecule has 0 radical (unpaired) electrons. The summed E-state index contributed by atoms with van der Waals surface area (Å²) >= 11 is 3.61. The zero-order chi connectivity index (χ0) is 19.5. The SMILES string of the molecule is Cn1c(C(=O)N2CCC(OC3CCCCC3)CC2)ccc1-c1ccccc1Br. The van der Waals surface area contributed by atoms with Gasteiger partial charge in [0, 0.05) is 35.9 Å². The van der Waals surface area contributed by atoms with E-state index in [1.54, 1.807) is 0 Å². The standard InChI is InChI=1S/C23H29BrN2O2/c1-25-21(19-9-5-6-10-20(19)24)11-12-22(25)23(27)26-15-13-18(14-16-26)28-17-7-3-2-4-8-17/h5-6,9-12,17-18H,2-4,7-8,13-16H2,1H3. The second-order valence-corrected chi connectivity index (χ2v) is 8.88. The Morgan fingerprint density at radius 2 is 1.64 bits per heavy atom. The molecule has 0 atom stereocenters. The molecule has 1 saturated heterocycles. The minimum absolute atomic E-state index is 0.122. The van der Waals surface area contributed by atoms with Crippen molar-refractivity contribution in [1.82, 2.24) is 9.47 Å². The second kappa shape index (κ2) is 8.83. The maximum absolute atomic E-state index is 13.1. The van der Waals surface area contributed by atoms with Crippen LogP contribution in [0, 0.1) is 0 Å². The summed E-state index contributed by atoms with van der Waals surface area (Å²) in [7, 11) is 1.97. The molecule has 0 N–H and O–H groups in total. The Labute approximate surface area is 176 Å². The van der Waals surface area contributed by atoms with Crippen LogP contribution in [-0.4, -0.2) is 40.7 Å². The zero-order valence-corrected chi connectivity index (χ0v) is 18.2. The molecule has 2 aromatic rings. The largest absolute Gasteiger partial charge is 0.375 e. The predicted molar refractivity (Wildman–Crippen MR) is 115 cm³/mol. The van der Waals surface area contributed by atoms with E-state index in [2.05, 4.69) is 22.0 Å². The lowest BCUT2D eigenvalue weighted by Gasteiger charge is -2.35. The first kappa shape index (κ1) is 19.7. The number of carbonyl (C=O) groups is 1. The minimum atomic E-state index is 0.122. The summed E-state index contributed by atoms with van der Waals surface area (Å²) in [5, 5.41) is 0. The summed E-state index contributed by atoms with van der Waals surface area (Å²) < 4.78 is 9.36. The number of piperidine rings is 1. The first-order valence-electron chi connectivity index (χ1n) is 10.5. The maximum Gasteiger partial charge on any atom is 0.270 e. The maximum atomic E-state index is 13.1. The van der Waals surface area contributed by atoms with E-state index in [0.29, 0.717) is 12.2 Å². The van der Waals surface area contributed by atoms with Crippen LogP contribution in [0.2, 0.25) is 0 Å². The number of halogens is 1. The van der Waals surface area contributed by atoms with Gasteiger partial charge in [0.05, 0.1) is 12.2 Å². The van der Waals surface area contributed by atoms with Crippen LogP contribution in [-0.2, 0) is 11.8 Å². The van der Waals surface area contributed by atoms with Crippen LogP contribution >= 0.6 is 15.9 Å². The molecule has 0 spiro atoms. The van der Waals surface area contributed by atoms with E-state index >= 15 is 0 Å². The fraction of sp³-hybridized carbons (Fsp3) is 0.522. The first-order chi connectivity index (χ1) is 13.6. The molecule has 1 amide bonds. The molecule has 28 heavy (non-hydrogen) atoms. The van der Waals surface area contributed by atoms with Crippen molar-refractivity contribution >= 4 is 21.8 Å². The molecule has 0 bridgehead atoms. The highest BCUT2D eigenvalue weighted by Gasteiger charge is 2.28. The van der Waals surface area contributed by atoms with E-state index < -0.39 is 0 Å². The molecule has 0 unspecified atom stereocenters. The molecule has 4 nitrogen and oxygen atoms in total. The Hall–Kier alpha value is -1.59. The lowest BCUT2D eigenvalue weighted by atomic mass is 9.97. The number of aromatic nitrogens is 1. The third-order valence-electron chi connectivity index (χ3n) is 6.16. The van der Waals surface area contributed by atoms with Crippen LogP contribution < -0.4 is 0 Å². The van der Waals surface area contributed by atoms with Crippen molar-refractivity contribution in [1.29, 1.82) is 0 Å². The molecule has 1 aromatic carbocycles. The third-order valence-corrected chi connectivity index (χ3v) is 6.85. The number of nitrogens with zero attached hydrogens (tertiary/aromatic N) is 2. The van der Waals surface area contributed by atoms with E-state index in [1.165, 1.54) is 32.1 Å². The topological polar surface area (TPSA) is 34.5 Å². The van der Waals surface area contributed by atoms with Crippen LogP contribution in [0.1, 0.15) is 55.4 Å². The molecule has 1 aromatic heterocycles. The third kappa shape index (κ3) is 4.20. The van der Waals surface area contributed by atoms with Gasteiger partial charge in [-0.05, 0) is 43.9 Å². The molecule has 1 aliphatic heterocycles. The van der Waals surface area contributed by atoms with Crippen molar-refractivity contribution in [2.45, 2.75) is 57.2 Å². The van der Waals surface area contributed by atoms with E-state index in [0.717, 1.165) is 47.4 Å². The van der Waals surface area contributed by atoms with Gasteiger partial charge >= 0.3 is 0 Å². The average molecular weight is 445 g/mol. The molecule has 1 saturated carbocycles. The van der Waals surface area contributed by atoms with Crippen LogP contribution in [0.25, 0.3) is 11.3 Å². The molecule has 4 rings (SSSR count). The number of carbonyl (C=O) groups excluding carboxylic acids is 1. The van der Waals surface area contributed by atoms with Gasteiger partial charge in [-0.15, -0.1) is 0 Å². The molecule has 1 aliphatic carbocycles. The van der Waals surface area contributed by atoms with Gasteiger partial charge in [-0.1, -0.05) is 53.4 Å². The Morgan fingerprint density at radius 3 is 2.36 bits per heavy atom. The monoisotopic (exact) mass is 444 g/mol. The number of ether oxygens (including phenoxy) is 1. The zero-order valence-electron chi connectivity index (χ0n) is 16.6. The lowest BCUT2D eigenvalue weighted by molar-refractivity contribution is -0.0527. The van der Waals surface area contributed by atoms with E-state index in [4.69, 9.17) is 4.74 Å². The number of hydrogen-bond donors (Lipinski definition) is 0. The van der Waals surface area contributed by atoms with Gasteiger partial charge < -0.3 is 14.2 Å². The number of hydrogen-bond acceptors (Lipinski definition) is 2. The molecular weight excluding hydrogens is 416 g/mol. The van der Waals surface area contributed by atoms with Crippen LogP contribution in [0.4, 0.5) is 0 Å². The molecule has 2 heterocycles. The molecule has 2 fully saturated rings.